The number of ether oxygens (including phenoxy) is 1. The van der Waals surface area contributed by atoms with Crippen molar-refractivity contribution in [1.82, 2.24) is 4.72 Å². The molecule has 31 heavy (non-hydrogen) atoms. The largest absolute Gasteiger partial charge is 0.381 e. The van der Waals surface area contributed by atoms with E-state index in [1.165, 1.54) is 36.1 Å². The van der Waals surface area contributed by atoms with Crippen molar-refractivity contribution in [3.63, 3.8) is 0 Å². The lowest BCUT2D eigenvalue weighted by molar-refractivity contribution is 0.127. The summed E-state index contributed by atoms with van der Waals surface area (Å²) in [7, 11) is -3.69. The molecule has 2 aliphatic carbocycles. The fourth-order valence-electron chi connectivity index (χ4n) is 4.09. The van der Waals surface area contributed by atoms with Crippen LogP contribution in [0.5, 0.6) is 0 Å². The maximum atomic E-state index is 12.8. The van der Waals surface area contributed by atoms with Crippen molar-refractivity contribution in [2.75, 3.05) is 19.8 Å². The zero-order valence-electron chi connectivity index (χ0n) is 17.6. The van der Waals surface area contributed by atoms with Crippen LogP contribution in [0.25, 0.3) is 0 Å². The Labute approximate surface area is 195 Å². The molecule has 2 saturated carbocycles. The molecule has 0 aromatic heterocycles. The molecule has 2 aromatic carbocycles. The van der Waals surface area contributed by atoms with E-state index in [2.05, 4.69) is 29.0 Å². The average Bonchev–Trinajstić information content (AvgIpc) is 3.52. The van der Waals surface area contributed by atoms with Crippen molar-refractivity contribution in [1.29, 1.82) is 0 Å². The van der Waals surface area contributed by atoms with Crippen LogP contribution in [0.15, 0.2) is 47.4 Å². The molecule has 0 heterocycles. The zero-order valence-corrected chi connectivity index (χ0v) is 19.9. The summed E-state index contributed by atoms with van der Waals surface area (Å²) in [6, 6.07) is 13.1. The van der Waals surface area contributed by atoms with Gasteiger partial charge < -0.3 is 4.74 Å². The van der Waals surface area contributed by atoms with E-state index in [0.29, 0.717) is 11.6 Å². The van der Waals surface area contributed by atoms with Crippen molar-refractivity contribution >= 4 is 33.2 Å². The van der Waals surface area contributed by atoms with E-state index in [4.69, 9.17) is 27.9 Å². The van der Waals surface area contributed by atoms with Crippen molar-refractivity contribution in [2.24, 2.45) is 11.3 Å². The maximum Gasteiger partial charge on any atom is 0.242 e. The van der Waals surface area contributed by atoms with E-state index < -0.39 is 10.0 Å². The maximum absolute atomic E-state index is 12.8. The molecule has 0 amide bonds. The van der Waals surface area contributed by atoms with E-state index in [0.717, 1.165) is 51.2 Å². The number of hydrogen-bond acceptors (Lipinski definition) is 3. The first kappa shape index (κ1) is 23.1. The smallest absolute Gasteiger partial charge is 0.242 e. The minimum Gasteiger partial charge on any atom is -0.381 e. The molecule has 4 nitrogen and oxygen atoms in total. The molecule has 4 rings (SSSR count). The summed E-state index contributed by atoms with van der Waals surface area (Å²) in [6.45, 7) is 2.08. The monoisotopic (exact) mass is 481 g/mol. The van der Waals surface area contributed by atoms with Gasteiger partial charge in [0.2, 0.25) is 10.0 Å². The van der Waals surface area contributed by atoms with Gasteiger partial charge in [0.25, 0.3) is 0 Å². The first-order chi connectivity index (χ1) is 14.9. The Morgan fingerprint density at radius 2 is 1.74 bits per heavy atom. The number of benzene rings is 2. The first-order valence-electron chi connectivity index (χ1n) is 11.0. The summed E-state index contributed by atoms with van der Waals surface area (Å²) in [4.78, 5) is 0.0706. The highest BCUT2D eigenvalue weighted by Crippen LogP contribution is 2.43. The van der Waals surface area contributed by atoms with Crippen molar-refractivity contribution in [3.8, 4) is 0 Å². The molecule has 168 valence electrons. The third-order valence-electron chi connectivity index (χ3n) is 6.42. The Balaban J connectivity index is 1.32. The molecule has 0 spiro atoms. The van der Waals surface area contributed by atoms with Crippen LogP contribution in [-0.2, 0) is 27.6 Å². The summed E-state index contributed by atoms with van der Waals surface area (Å²) in [6.07, 6.45) is 7.59. The quantitative estimate of drug-likeness (QED) is 0.421. The molecule has 0 saturated heterocycles. The highest BCUT2D eigenvalue weighted by atomic mass is 35.5. The second-order valence-corrected chi connectivity index (χ2v) is 11.6. The SMILES string of the molecule is O=S(=O)(NCC1(Cc2ccc(CCOCC3CC3)cc2)CCC1)c1ccc(Cl)cc1Cl. The molecule has 2 aromatic rings. The van der Waals surface area contributed by atoms with Gasteiger partial charge in [-0.25, -0.2) is 13.1 Å². The van der Waals surface area contributed by atoms with Gasteiger partial charge in [-0.3, -0.25) is 0 Å². The van der Waals surface area contributed by atoms with Crippen LogP contribution in [0.3, 0.4) is 0 Å². The highest BCUT2D eigenvalue weighted by molar-refractivity contribution is 7.89. The molecule has 0 radical (unpaired) electrons. The summed E-state index contributed by atoms with van der Waals surface area (Å²) in [5, 5.41) is 0.552. The van der Waals surface area contributed by atoms with Crippen LogP contribution < -0.4 is 4.72 Å². The summed E-state index contributed by atoms with van der Waals surface area (Å²) in [5.41, 5.74) is 2.48. The Morgan fingerprint density at radius 1 is 1.03 bits per heavy atom. The summed E-state index contributed by atoms with van der Waals surface area (Å²) >= 11 is 12.0. The van der Waals surface area contributed by atoms with Crippen LogP contribution in [0.2, 0.25) is 10.0 Å². The molecular weight excluding hydrogens is 453 g/mol. The lowest BCUT2D eigenvalue weighted by Gasteiger charge is -2.42. The van der Waals surface area contributed by atoms with E-state index in [9.17, 15) is 8.42 Å². The third kappa shape index (κ3) is 6.23. The van der Waals surface area contributed by atoms with Gasteiger partial charge in [0, 0.05) is 18.2 Å². The fourth-order valence-corrected chi connectivity index (χ4v) is 6.02. The van der Waals surface area contributed by atoms with Crippen LogP contribution in [0.1, 0.15) is 43.2 Å². The Hall–Kier alpha value is -1.11. The van der Waals surface area contributed by atoms with Gasteiger partial charge in [-0.2, -0.15) is 0 Å². The molecular formula is C24H29Cl2NO3S. The lowest BCUT2D eigenvalue weighted by Crippen LogP contribution is -2.43. The zero-order chi connectivity index (χ0) is 21.9. The highest BCUT2D eigenvalue weighted by Gasteiger charge is 2.38. The standard InChI is InChI=1S/C24H29Cl2NO3S/c25-21-8-9-23(22(26)14-21)31(28,29)27-17-24(11-1-12-24)15-19-4-2-18(3-5-19)10-13-30-16-20-6-7-20/h2-5,8-9,14,20,27H,1,6-7,10-13,15-17H2. The third-order valence-corrected chi connectivity index (χ3v) is 8.54. The van der Waals surface area contributed by atoms with Gasteiger partial charge in [-0.05, 0) is 79.2 Å². The summed E-state index contributed by atoms with van der Waals surface area (Å²) in [5.74, 6) is 0.800. The molecule has 2 aliphatic rings. The molecule has 1 N–H and O–H groups in total. The van der Waals surface area contributed by atoms with Gasteiger partial charge in [-0.15, -0.1) is 0 Å². The Kier molecular flexibility index (Phi) is 7.29. The molecule has 2 fully saturated rings. The van der Waals surface area contributed by atoms with Gasteiger partial charge in [-0.1, -0.05) is 53.9 Å². The summed E-state index contributed by atoms with van der Waals surface area (Å²) < 4.78 is 34.1. The molecule has 7 heteroatoms. The van der Waals surface area contributed by atoms with E-state index >= 15 is 0 Å². The number of halogens is 2. The van der Waals surface area contributed by atoms with Gasteiger partial charge >= 0.3 is 0 Å². The van der Waals surface area contributed by atoms with Crippen LogP contribution in [0.4, 0.5) is 0 Å². The van der Waals surface area contributed by atoms with Crippen molar-refractivity contribution in [3.05, 3.63) is 63.6 Å². The molecule has 0 aliphatic heterocycles. The van der Waals surface area contributed by atoms with Gasteiger partial charge in [0.05, 0.1) is 11.6 Å². The molecule has 0 atom stereocenters. The van der Waals surface area contributed by atoms with Crippen molar-refractivity contribution in [2.45, 2.75) is 49.8 Å². The second-order valence-electron chi connectivity index (χ2n) is 9.01. The van der Waals surface area contributed by atoms with Gasteiger partial charge in [0.15, 0.2) is 0 Å². The number of rotatable bonds is 11. The van der Waals surface area contributed by atoms with Crippen LogP contribution in [-0.4, -0.2) is 28.2 Å². The Bertz CT molecular complexity index is 1000. The Morgan fingerprint density at radius 3 is 2.35 bits per heavy atom. The minimum atomic E-state index is -3.69. The fraction of sp³-hybridized carbons (Fsp3) is 0.500. The average molecular weight is 482 g/mol. The number of sulfonamides is 1. The molecule has 0 bridgehead atoms. The van der Waals surface area contributed by atoms with E-state index in [1.54, 1.807) is 6.07 Å². The van der Waals surface area contributed by atoms with Gasteiger partial charge in [0.1, 0.15) is 4.90 Å². The topological polar surface area (TPSA) is 55.4 Å². The lowest BCUT2D eigenvalue weighted by atomic mass is 9.65. The van der Waals surface area contributed by atoms with E-state index in [-0.39, 0.29) is 15.3 Å². The van der Waals surface area contributed by atoms with E-state index in [1.807, 2.05) is 0 Å². The minimum absolute atomic E-state index is 0.0408. The number of nitrogens with one attached hydrogen (secondary N) is 1. The second kappa shape index (κ2) is 9.80. The van der Waals surface area contributed by atoms with Crippen molar-refractivity contribution < 1.29 is 13.2 Å². The normalized spacial score (nSPS) is 18.0. The van der Waals surface area contributed by atoms with Crippen LogP contribution >= 0.6 is 23.2 Å². The van der Waals surface area contributed by atoms with Crippen LogP contribution in [0, 0.1) is 11.3 Å². The predicted octanol–water partition coefficient (Wildman–Crippen LogP) is 5.65. The molecule has 0 unspecified atom stereocenters. The predicted molar refractivity (Wildman–Crippen MR) is 125 cm³/mol. The first-order valence-corrected chi connectivity index (χ1v) is 13.2. The number of hydrogen-bond donors (Lipinski definition) is 1.